The molecule has 0 bridgehead atoms. The maximum Gasteiger partial charge on any atom is 0.138 e. The van der Waals surface area contributed by atoms with Gasteiger partial charge < -0.3 is 8.83 Å². The predicted octanol–water partition coefficient (Wildman–Crippen LogP) is 5.43. The maximum absolute atomic E-state index is 5.74. The van der Waals surface area contributed by atoms with E-state index < -0.39 is 0 Å². The van der Waals surface area contributed by atoms with Gasteiger partial charge in [0.1, 0.15) is 11.2 Å². The average Bonchev–Trinajstić information content (AvgIpc) is 2.91. The van der Waals surface area contributed by atoms with Crippen LogP contribution in [0.3, 0.4) is 0 Å². The van der Waals surface area contributed by atoms with Crippen molar-refractivity contribution in [1.29, 1.82) is 0 Å². The topological polar surface area (TPSA) is 26.3 Å². The summed E-state index contributed by atoms with van der Waals surface area (Å²) >= 11 is 0. The summed E-state index contributed by atoms with van der Waals surface area (Å²) in [5, 5.41) is 2.38. The summed E-state index contributed by atoms with van der Waals surface area (Å²) in [6.07, 6.45) is 3.56. The van der Waals surface area contributed by atoms with Gasteiger partial charge in [-0.3, -0.25) is 0 Å². The Labute approximate surface area is 107 Å². The third kappa shape index (κ3) is 1.41. The lowest BCUT2D eigenvalue weighted by Crippen LogP contribution is -1.95. The van der Waals surface area contributed by atoms with Crippen LogP contribution >= 0.6 is 0 Å². The molecule has 0 radical (unpaired) electrons. The van der Waals surface area contributed by atoms with Crippen LogP contribution < -0.4 is 0 Å². The number of benzene rings is 1. The highest BCUT2D eigenvalue weighted by atomic mass is 16.3. The minimum atomic E-state index is 0.417. The maximum atomic E-state index is 5.74. The summed E-state index contributed by atoms with van der Waals surface area (Å²) in [4.78, 5) is 0. The molecule has 2 heterocycles. The molecule has 2 heteroatoms. The molecule has 0 N–H and O–H groups in total. The van der Waals surface area contributed by atoms with Crippen LogP contribution in [-0.2, 0) is 0 Å². The molecule has 0 saturated carbocycles. The molecular formula is C16H18O2. The Balaban J connectivity index is 2.57. The quantitative estimate of drug-likeness (QED) is 0.599. The molecule has 2 aromatic heterocycles. The third-order valence-electron chi connectivity index (χ3n) is 3.55. The Hall–Kier alpha value is -1.70. The first-order valence-electron chi connectivity index (χ1n) is 6.51. The highest BCUT2D eigenvalue weighted by Crippen LogP contribution is 2.40. The summed E-state index contributed by atoms with van der Waals surface area (Å²) in [5.41, 5.74) is 4.54. The fourth-order valence-electron chi connectivity index (χ4n) is 2.85. The summed E-state index contributed by atoms with van der Waals surface area (Å²) in [6, 6.07) is 4.11. The monoisotopic (exact) mass is 242 g/mol. The van der Waals surface area contributed by atoms with Crippen LogP contribution in [0.15, 0.2) is 33.5 Å². The summed E-state index contributed by atoms with van der Waals surface area (Å²) in [7, 11) is 0. The second-order valence-corrected chi connectivity index (χ2v) is 5.46. The minimum Gasteiger partial charge on any atom is -0.464 e. The van der Waals surface area contributed by atoms with Crippen molar-refractivity contribution < 1.29 is 8.83 Å². The Bertz CT molecular complexity index is 590. The van der Waals surface area contributed by atoms with Gasteiger partial charge in [-0.15, -0.1) is 0 Å². The van der Waals surface area contributed by atoms with Crippen molar-refractivity contribution in [1.82, 2.24) is 0 Å². The molecule has 0 spiro atoms. The van der Waals surface area contributed by atoms with E-state index in [9.17, 15) is 0 Å². The first-order chi connectivity index (χ1) is 8.61. The van der Waals surface area contributed by atoms with E-state index in [2.05, 4.69) is 39.8 Å². The largest absolute Gasteiger partial charge is 0.464 e. The Kier molecular flexibility index (Phi) is 2.47. The zero-order valence-corrected chi connectivity index (χ0v) is 11.3. The SMILES string of the molecule is CC(C)c1c2ccoc2c(C(C)C)c2ccoc12. The Morgan fingerprint density at radius 3 is 1.44 bits per heavy atom. The van der Waals surface area contributed by atoms with Gasteiger partial charge in [0.2, 0.25) is 0 Å². The predicted molar refractivity (Wildman–Crippen MR) is 74.2 cm³/mol. The van der Waals surface area contributed by atoms with Gasteiger partial charge in [-0.05, 0) is 24.0 Å². The first kappa shape index (κ1) is 11.4. The van der Waals surface area contributed by atoms with Gasteiger partial charge in [-0.2, -0.15) is 0 Å². The summed E-state index contributed by atoms with van der Waals surface area (Å²) in [5.74, 6) is 0.833. The fraction of sp³-hybridized carbons (Fsp3) is 0.375. The fourth-order valence-corrected chi connectivity index (χ4v) is 2.85. The van der Waals surface area contributed by atoms with E-state index in [4.69, 9.17) is 8.83 Å². The smallest absolute Gasteiger partial charge is 0.138 e. The molecule has 0 aliphatic heterocycles. The van der Waals surface area contributed by atoms with Crippen molar-refractivity contribution in [2.75, 3.05) is 0 Å². The number of hydrogen-bond acceptors (Lipinski definition) is 2. The molecule has 0 fully saturated rings. The zero-order chi connectivity index (χ0) is 12.9. The molecular weight excluding hydrogens is 224 g/mol. The van der Waals surface area contributed by atoms with Crippen LogP contribution in [0.1, 0.15) is 50.7 Å². The second kappa shape index (κ2) is 3.91. The standard InChI is InChI=1S/C16H18O2/c1-9(2)13-11-5-7-18-16(11)14(10(3)4)12-6-8-17-15(12)13/h5-10H,1-4H3. The summed E-state index contributed by atoms with van der Waals surface area (Å²) < 4.78 is 11.5. The van der Waals surface area contributed by atoms with Gasteiger partial charge in [-0.1, -0.05) is 27.7 Å². The highest BCUT2D eigenvalue weighted by Gasteiger charge is 2.21. The van der Waals surface area contributed by atoms with E-state index in [1.165, 1.54) is 21.9 Å². The normalized spacial score (nSPS) is 12.3. The molecule has 0 amide bonds. The summed E-state index contributed by atoms with van der Waals surface area (Å²) in [6.45, 7) is 8.77. The minimum absolute atomic E-state index is 0.417. The molecule has 0 atom stereocenters. The average molecular weight is 242 g/mol. The number of hydrogen-bond donors (Lipinski definition) is 0. The van der Waals surface area contributed by atoms with E-state index in [0.717, 1.165) is 11.2 Å². The van der Waals surface area contributed by atoms with Crippen molar-refractivity contribution in [3.63, 3.8) is 0 Å². The van der Waals surface area contributed by atoms with Crippen molar-refractivity contribution in [3.8, 4) is 0 Å². The van der Waals surface area contributed by atoms with Gasteiger partial charge >= 0.3 is 0 Å². The lowest BCUT2D eigenvalue weighted by Gasteiger charge is -2.13. The number of rotatable bonds is 2. The van der Waals surface area contributed by atoms with Gasteiger partial charge in [0.25, 0.3) is 0 Å². The van der Waals surface area contributed by atoms with Crippen LogP contribution in [0.4, 0.5) is 0 Å². The lowest BCUT2D eigenvalue weighted by atomic mass is 9.90. The molecule has 94 valence electrons. The number of furan rings is 2. The Morgan fingerprint density at radius 2 is 1.11 bits per heavy atom. The van der Waals surface area contributed by atoms with Gasteiger partial charge in [0.05, 0.1) is 12.5 Å². The molecule has 2 nitrogen and oxygen atoms in total. The lowest BCUT2D eigenvalue weighted by molar-refractivity contribution is 0.601. The van der Waals surface area contributed by atoms with E-state index in [0.29, 0.717) is 11.8 Å². The second-order valence-electron chi connectivity index (χ2n) is 5.46. The van der Waals surface area contributed by atoms with Crippen molar-refractivity contribution in [3.05, 3.63) is 35.8 Å². The van der Waals surface area contributed by atoms with Crippen LogP contribution in [-0.4, -0.2) is 0 Å². The van der Waals surface area contributed by atoms with Gasteiger partial charge in [0, 0.05) is 21.9 Å². The van der Waals surface area contributed by atoms with Crippen LogP contribution in [0, 0.1) is 0 Å². The van der Waals surface area contributed by atoms with Gasteiger partial charge in [0.15, 0.2) is 0 Å². The third-order valence-corrected chi connectivity index (χ3v) is 3.55. The van der Waals surface area contributed by atoms with Crippen LogP contribution in [0.2, 0.25) is 0 Å². The van der Waals surface area contributed by atoms with Crippen LogP contribution in [0.5, 0.6) is 0 Å². The molecule has 18 heavy (non-hydrogen) atoms. The molecule has 0 unspecified atom stereocenters. The van der Waals surface area contributed by atoms with Gasteiger partial charge in [-0.25, -0.2) is 0 Å². The number of fused-ring (bicyclic) bond motifs is 2. The molecule has 1 aromatic carbocycles. The van der Waals surface area contributed by atoms with Crippen molar-refractivity contribution in [2.45, 2.75) is 39.5 Å². The first-order valence-corrected chi connectivity index (χ1v) is 6.51. The van der Waals surface area contributed by atoms with E-state index in [-0.39, 0.29) is 0 Å². The molecule has 0 aliphatic carbocycles. The molecule has 3 rings (SSSR count). The zero-order valence-electron chi connectivity index (χ0n) is 11.3. The Morgan fingerprint density at radius 1 is 0.722 bits per heavy atom. The molecule has 3 aromatic rings. The molecule has 0 saturated heterocycles. The van der Waals surface area contributed by atoms with E-state index >= 15 is 0 Å². The van der Waals surface area contributed by atoms with E-state index in [1.807, 2.05) is 0 Å². The molecule has 0 aliphatic rings. The van der Waals surface area contributed by atoms with E-state index in [1.54, 1.807) is 12.5 Å². The van der Waals surface area contributed by atoms with Crippen LogP contribution in [0.25, 0.3) is 21.9 Å². The highest BCUT2D eigenvalue weighted by molar-refractivity contribution is 6.02. The van der Waals surface area contributed by atoms with Crippen molar-refractivity contribution >= 4 is 21.9 Å². The van der Waals surface area contributed by atoms with Crippen molar-refractivity contribution in [2.24, 2.45) is 0 Å².